The normalized spacial score (nSPS) is 32.1. The minimum atomic E-state index is -0.211. The van der Waals surface area contributed by atoms with Gasteiger partial charge in [-0.1, -0.05) is 104 Å². The quantitative estimate of drug-likeness (QED) is 0.320. The van der Waals surface area contributed by atoms with Gasteiger partial charge in [0.2, 0.25) is 5.91 Å². The molecule has 0 bridgehead atoms. The van der Waals surface area contributed by atoms with Gasteiger partial charge in [0.05, 0.1) is 5.41 Å². The summed E-state index contributed by atoms with van der Waals surface area (Å²) >= 11 is 0. The summed E-state index contributed by atoms with van der Waals surface area (Å²) in [7, 11) is 0. The number of allylic oxidation sites excluding steroid dienone is 4. The molecule has 0 aromatic carbocycles. The number of hydrogen-bond donors (Lipinski definition) is 1. The Kier molecular flexibility index (Phi) is 9.10. The number of carbonyl (C=O) groups excluding carboxylic acids is 1. The summed E-state index contributed by atoms with van der Waals surface area (Å²) < 4.78 is 0. The molecule has 2 heteroatoms. The first-order chi connectivity index (χ1) is 15.3. The molecule has 0 aromatic heterocycles. The number of carbonyl (C=O) groups is 1. The van der Waals surface area contributed by atoms with Crippen molar-refractivity contribution < 1.29 is 4.79 Å². The van der Waals surface area contributed by atoms with E-state index < -0.39 is 0 Å². The Balaban J connectivity index is 1.56. The first-order valence-electron chi connectivity index (χ1n) is 14.0. The van der Waals surface area contributed by atoms with Gasteiger partial charge in [-0.3, -0.25) is 4.79 Å². The fourth-order valence-corrected chi connectivity index (χ4v) is 7.28. The molecule has 3 aliphatic rings. The molecular formula is C30H51NO. The monoisotopic (exact) mass is 441 g/mol. The summed E-state index contributed by atoms with van der Waals surface area (Å²) in [6.45, 7) is 12.6. The highest BCUT2D eigenvalue weighted by Crippen LogP contribution is 2.62. The molecule has 2 nitrogen and oxygen atoms in total. The summed E-state index contributed by atoms with van der Waals surface area (Å²) in [5.74, 6) is 2.11. The summed E-state index contributed by atoms with van der Waals surface area (Å²) in [4.78, 5) is 13.5. The Hall–Kier alpha value is -1.05. The maximum absolute atomic E-state index is 13.5. The Morgan fingerprint density at radius 1 is 1.06 bits per heavy atom. The van der Waals surface area contributed by atoms with Gasteiger partial charge in [0.1, 0.15) is 0 Å². The lowest BCUT2D eigenvalue weighted by atomic mass is 9.46. The highest BCUT2D eigenvalue weighted by molar-refractivity contribution is 5.83. The van der Waals surface area contributed by atoms with Gasteiger partial charge in [-0.15, -0.1) is 0 Å². The lowest BCUT2D eigenvalue weighted by molar-refractivity contribution is -0.144. The maximum atomic E-state index is 13.5. The molecule has 1 N–H and O–H groups in total. The molecular weight excluding hydrogens is 390 g/mol. The van der Waals surface area contributed by atoms with Crippen LogP contribution in [0.1, 0.15) is 125 Å². The van der Waals surface area contributed by atoms with E-state index in [4.69, 9.17) is 0 Å². The zero-order valence-corrected chi connectivity index (χ0v) is 21.9. The SMILES string of the molecule is CCCCCCCCCCNC(=O)[C@]1(C)CCC[C@@]2(C)[C@H]1CC=C1C=C(C(C)C)CC[C@@H]12. The second-order valence-corrected chi connectivity index (χ2v) is 12.0. The predicted octanol–water partition coefficient (Wildman–Crippen LogP) is 8.38. The Labute approximate surface area is 199 Å². The van der Waals surface area contributed by atoms with Gasteiger partial charge in [-0.2, -0.15) is 0 Å². The number of unbranched alkanes of at least 4 members (excludes halogenated alkanes) is 7. The van der Waals surface area contributed by atoms with Crippen LogP contribution in [0.25, 0.3) is 0 Å². The molecule has 1 amide bonds. The average Bonchev–Trinajstić information content (AvgIpc) is 2.77. The van der Waals surface area contributed by atoms with Crippen molar-refractivity contribution in [1.82, 2.24) is 5.32 Å². The summed E-state index contributed by atoms with van der Waals surface area (Å²) in [6, 6.07) is 0. The second-order valence-electron chi connectivity index (χ2n) is 12.0. The fourth-order valence-electron chi connectivity index (χ4n) is 7.28. The Morgan fingerprint density at radius 3 is 2.44 bits per heavy atom. The summed E-state index contributed by atoms with van der Waals surface area (Å²) in [5.41, 5.74) is 3.27. The van der Waals surface area contributed by atoms with Crippen LogP contribution in [0.2, 0.25) is 0 Å². The third kappa shape index (κ3) is 5.53. The van der Waals surface area contributed by atoms with Crippen LogP contribution >= 0.6 is 0 Å². The molecule has 3 aliphatic carbocycles. The number of nitrogens with one attached hydrogen (secondary N) is 1. The molecule has 0 heterocycles. The third-order valence-electron chi connectivity index (χ3n) is 9.41. The van der Waals surface area contributed by atoms with Crippen molar-refractivity contribution in [3.63, 3.8) is 0 Å². The van der Waals surface area contributed by atoms with E-state index in [0.29, 0.717) is 23.7 Å². The average molecular weight is 442 g/mol. The van der Waals surface area contributed by atoms with Crippen molar-refractivity contribution in [1.29, 1.82) is 0 Å². The number of fused-ring (bicyclic) bond motifs is 3. The molecule has 0 aliphatic heterocycles. The van der Waals surface area contributed by atoms with Crippen LogP contribution in [0.3, 0.4) is 0 Å². The fraction of sp³-hybridized carbons (Fsp3) is 0.833. The van der Waals surface area contributed by atoms with E-state index in [1.54, 1.807) is 11.1 Å². The molecule has 0 aromatic rings. The second kappa shape index (κ2) is 11.4. The van der Waals surface area contributed by atoms with Gasteiger partial charge in [0, 0.05) is 6.54 Å². The van der Waals surface area contributed by atoms with Gasteiger partial charge in [0.25, 0.3) is 0 Å². The molecule has 0 unspecified atom stereocenters. The lowest BCUT2D eigenvalue weighted by Crippen LogP contribution is -2.55. The zero-order valence-electron chi connectivity index (χ0n) is 21.9. The lowest BCUT2D eigenvalue weighted by Gasteiger charge is -2.57. The first kappa shape index (κ1) is 25.6. The molecule has 1 saturated carbocycles. The van der Waals surface area contributed by atoms with Crippen molar-refractivity contribution in [2.45, 2.75) is 125 Å². The van der Waals surface area contributed by atoms with Gasteiger partial charge >= 0.3 is 0 Å². The van der Waals surface area contributed by atoms with E-state index in [-0.39, 0.29) is 10.8 Å². The van der Waals surface area contributed by atoms with Crippen LogP contribution in [-0.4, -0.2) is 12.5 Å². The summed E-state index contributed by atoms with van der Waals surface area (Å²) in [6.07, 6.45) is 22.7. The van der Waals surface area contributed by atoms with Crippen molar-refractivity contribution in [3.8, 4) is 0 Å². The Morgan fingerprint density at radius 2 is 1.75 bits per heavy atom. The van der Waals surface area contributed by atoms with E-state index in [1.807, 2.05) is 0 Å². The van der Waals surface area contributed by atoms with E-state index in [2.05, 4.69) is 52.1 Å². The first-order valence-corrected chi connectivity index (χ1v) is 14.0. The largest absolute Gasteiger partial charge is 0.356 e. The molecule has 0 radical (unpaired) electrons. The van der Waals surface area contributed by atoms with Crippen LogP contribution in [0.5, 0.6) is 0 Å². The highest BCUT2D eigenvalue weighted by Gasteiger charge is 2.56. The molecule has 182 valence electrons. The molecule has 4 atom stereocenters. The van der Waals surface area contributed by atoms with Crippen molar-refractivity contribution in [2.24, 2.45) is 28.6 Å². The van der Waals surface area contributed by atoms with Crippen LogP contribution in [-0.2, 0) is 4.79 Å². The van der Waals surface area contributed by atoms with Crippen LogP contribution in [0.15, 0.2) is 23.3 Å². The topological polar surface area (TPSA) is 29.1 Å². The van der Waals surface area contributed by atoms with Crippen LogP contribution in [0, 0.1) is 28.6 Å². The van der Waals surface area contributed by atoms with Crippen LogP contribution < -0.4 is 5.32 Å². The van der Waals surface area contributed by atoms with E-state index in [0.717, 1.165) is 25.8 Å². The Bertz CT molecular complexity index is 689. The minimum absolute atomic E-state index is 0.211. The molecule has 0 saturated heterocycles. The van der Waals surface area contributed by atoms with Gasteiger partial charge < -0.3 is 5.32 Å². The van der Waals surface area contributed by atoms with Gasteiger partial charge in [-0.25, -0.2) is 0 Å². The number of amides is 1. The van der Waals surface area contributed by atoms with E-state index >= 15 is 0 Å². The molecule has 0 spiro atoms. The van der Waals surface area contributed by atoms with E-state index in [1.165, 1.54) is 70.6 Å². The number of hydrogen-bond acceptors (Lipinski definition) is 1. The summed E-state index contributed by atoms with van der Waals surface area (Å²) in [5, 5.41) is 3.38. The molecule has 3 rings (SSSR count). The standard InChI is InChI=1S/C30H51NO/c1-6-7-8-9-10-11-12-13-21-31-28(32)30(5)20-14-19-29(4)26-17-15-24(23(2)3)22-25(26)16-18-27(29)30/h16,22-23,26-27H,6-15,17-21H2,1-5H3,(H,31,32)/t26-,27+,29+,30+/m0/s1. The highest BCUT2D eigenvalue weighted by atomic mass is 16.2. The predicted molar refractivity (Wildman–Crippen MR) is 138 cm³/mol. The van der Waals surface area contributed by atoms with Gasteiger partial charge in [-0.05, 0) is 67.3 Å². The van der Waals surface area contributed by atoms with E-state index in [9.17, 15) is 4.79 Å². The number of rotatable bonds is 11. The van der Waals surface area contributed by atoms with Crippen molar-refractivity contribution >= 4 is 5.91 Å². The van der Waals surface area contributed by atoms with Crippen molar-refractivity contribution in [3.05, 3.63) is 23.3 Å². The maximum Gasteiger partial charge on any atom is 0.226 e. The third-order valence-corrected chi connectivity index (χ3v) is 9.41. The zero-order chi connectivity index (χ0) is 23.2. The van der Waals surface area contributed by atoms with Crippen molar-refractivity contribution in [2.75, 3.05) is 6.54 Å². The van der Waals surface area contributed by atoms with Gasteiger partial charge in [0.15, 0.2) is 0 Å². The minimum Gasteiger partial charge on any atom is -0.356 e. The van der Waals surface area contributed by atoms with Crippen LogP contribution in [0.4, 0.5) is 0 Å². The molecule has 1 fully saturated rings. The molecule has 32 heavy (non-hydrogen) atoms. The smallest absolute Gasteiger partial charge is 0.226 e.